The number of carbonyl (C=O) groups is 2. The molecule has 2 aromatic rings. The van der Waals surface area contributed by atoms with Gasteiger partial charge in [-0.1, -0.05) is 50.1 Å². The second-order valence-corrected chi connectivity index (χ2v) is 7.12. The maximum atomic E-state index is 12.0. The highest BCUT2D eigenvalue weighted by atomic mass is 32.2. The summed E-state index contributed by atoms with van der Waals surface area (Å²) < 4.78 is 7.02. The van der Waals surface area contributed by atoms with E-state index in [2.05, 4.69) is 33.2 Å². The van der Waals surface area contributed by atoms with Crippen LogP contribution in [0.2, 0.25) is 0 Å². The van der Waals surface area contributed by atoms with Gasteiger partial charge in [0, 0.05) is 20.2 Å². The van der Waals surface area contributed by atoms with Gasteiger partial charge in [0.05, 0.1) is 23.4 Å². The summed E-state index contributed by atoms with van der Waals surface area (Å²) in [5, 5.41) is 5.69. The van der Waals surface area contributed by atoms with Gasteiger partial charge in [-0.05, 0) is 18.6 Å². The molecule has 0 bridgehead atoms. The Balaban J connectivity index is 1.94. The van der Waals surface area contributed by atoms with Gasteiger partial charge >= 0.3 is 6.03 Å². The van der Waals surface area contributed by atoms with Gasteiger partial charge in [-0.25, -0.2) is 9.78 Å². The van der Waals surface area contributed by atoms with E-state index in [-0.39, 0.29) is 11.7 Å². The lowest BCUT2D eigenvalue weighted by Crippen LogP contribution is -2.41. The van der Waals surface area contributed by atoms with Crippen LogP contribution in [0.4, 0.5) is 4.79 Å². The molecule has 8 heteroatoms. The van der Waals surface area contributed by atoms with E-state index in [0.29, 0.717) is 13.2 Å². The zero-order valence-electron chi connectivity index (χ0n) is 16.0. The quantitative estimate of drug-likeness (QED) is 0.453. The molecule has 1 heterocycles. The molecular weight excluding hydrogens is 364 g/mol. The average Bonchev–Trinajstić information content (AvgIpc) is 3.01. The van der Waals surface area contributed by atoms with Crippen LogP contribution < -0.4 is 10.6 Å². The van der Waals surface area contributed by atoms with Crippen molar-refractivity contribution >= 4 is 34.7 Å². The third-order valence-electron chi connectivity index (χ3n) is 4.03. The molecule has 7 nitrogen and oxygen atoms in total. The number of methoxy groups -OCH3 is 1. The van der Waals surface area contributed by atoms with E-state index < -0.39 is 6.03 Å². The number of fused-ring (bicyclic) bond motifs is 1. The normalized spacial score (nSPS) is 10.9. The number of carbonyl (C=O) groups excluding carboxylic acids is 2. The number of aryl methyl sites for hydroxylation is 1. The molecule has 0 saturated heterocycles. The topological polar surface area (TPSA) is 85.2 Å². The number of para-hydroxylation sites is 2. The average molecular weight is 393 g/mol. The monoisotopic (exact) mass is 392 g/mol. The number of thioether (sulfide) groups is 1. The summed E-state index contributed by atoms with van der Waals surface area (Å²) in [6.07, 6.45) is 4.67. The molecule has 0 saturated carbocycles. The number of imide groups is 1. The fourth-order valence-electron chi connectivity index (χ4n) is 2.68. The minimum Gasteiger partial charge on any atom is -0.383 e. The van der Waals surface area contributed by atoms with Crippen LogP contribution >= 0.6 is 11.8 Å². The number of benzene rings is 1. The lowest BCUT2D eigenvalue weighted by Gasteiger charge is -2.09. The van der Waals surface area contributed by atoms with Crippen molar-refractivity contribution in [1.82, 2.24) is 20.2 Å². The number of ether oxygens (including phenoxy) is 1. The van der Waals surface area contributed by atoms with Crippen molar-refractivity contribution in [2.75, 3.05) is 26.0 Å². The minimum absolute atomic E-state index is 0.135. The molecular formula is C19H28N4O3S. The van der Waals surface area contributed by atoms with Crippen LogP contribution in [0.5, 0.6) is 0 Å². The van der Waals surface area contributed by atoms with E-state index in [9.17, 15) is 9.59 Å². The summed E-state index contributed by atoms with van der Waals surface area (Å²) in [6, 6.07) is 7.48. The van der Waals surface area contributed by atoms with Crippen molar-refractivity contribution in [3.8, 4) is 0 Å². The van der Waals surface area contributed by atoms with Crippen LogP contribution in [-0.2, 0) is 16.1 Å². The zero-order chi connectivity index (χ0) is 19.5. The van der Waals surface area contributed by atoms with Crippen molar-refractivity contribution < 1.29 is 14.3 Å². The zero-order valence-corrected chi connectivity index (χ0v) is 16.8. The summed E-state index contributed by atoms with van der Waals surface area (Å²) in [5.41, 5.74) is 2.00. The van der Waals surface area contributed by atoms with Gasteiger partial charge in [-0.2, -0.15) is 0 Å². The van der Waals surface area contributed by atoms with Gasteiger partial charge in [-0.15, -0.1) is 0 Å². The smallest absolute Gasteiger partial charge is 0.321 e. The third-order valence-corrected chi connectivity index (χ3v) is 5.01. The predicted molar refractivity (Wildman–Crippen MR) is 108 cm³/mol. The van der Waals surface area contributed by atoms with Crippen LogP contribution in [0.1, 0.15) is 32.6 Å². The van der Waals surface area contributed by atoms with E-state index in [0.717, 1.165) is 29.2 Å². The maximum absolute atomic E-state index is 12.0. The molecule has 0 spiro atoms. The molecule has 2 rings (SSSR count). The number of urea groups is 1. The van der Waals surface area contributed by atoms with Crippen LogP contribution in [0.15, 0.2) is 29.4 Å². The van der Waals surface area contributed by atoms with E-state index in [1.165, 1.54) is 31.0 Å². The second-order valence-electron chi connectivity index (χ2n) is 6.18. The van der Waals surface area contributed by atoms with E-state index >= 15 is 0 Å². The summed E-state index contributed by atoms with van der Waals surface area (Å²) in [6.45, 7) is 3.83. The lowest BCUT2D eigenvalue weighted by molar-refractivity contribution is -0.117. The number of nitrogens with zero attached hydrogens (tertiary/aromatic N) is 2. The molecule has 0 atom stereocenters. The predicted octanol–water partition coefficient (Wildman–Crippen LogP) is 3.18. The molecule has 3 amide bonds. The molecule has 0 radical (unpaired) electrons. The second kappa shape index (κ2) is 11.6. The first-order chi connectivity index (χ1) is 13.2. The number of hydrogen-bond acceptors (Lipinski definition) is 5. The summed E-state index contributed by atoms with van der Waals surface area (Å²) in [4.78, 5) is 28.3. The first-order valence-corrected chi connectivity index (χ1v) is 10.3. The number of amides is 3. The molecule has 0 aliphatic rings. The lowest BCUT2D eigenvalue weighted by atomic mass is 10.2. The van der Waals surface area contributed by atoms with Gasteiger partial charge in [0.25, 0.3) is 0 Å². The van der Waals surface area contributed by atoms with Crippen LogP contribution in [0.25, 0.3) is 11.0 Å². The fraction of sp³-hybridized carbons (Fsp3) is 0.526. The Morgan fingerprint density at radius 1 is 1.22 bits per heavy atom. The minimum atomic E-state index is -0.509. The molecule has 1 aromatic heterocycles. The van der Waals surface area contributed by atoms with Gasteiger partial charge in [0.1, 0.15) is 0 Å². The molecule has 0 fully saturated rings. The first-order valence-electron chi connectivity index (χ1n) is 9.30. The maximum Gasteiger partial charge on any atom is 0.321 e. The molecule has 2 N–H and O–H groups in total. The van der Waals surface area contributed by atoms with Crippen LogP contribution in [-0.4, -0.2) is 47.5 Å². The summed E-state index contributed by atoms with van der Waals surface area (Å²) >= 11 is 1.35. The largest absolute Gasteiger partial charge is 0.383 e. The summed E-state index contributed by atoms with van der Waals surface area (Å²) in [7, 11) is 1.55. The molecule has 0 aliphatic carbocycles. The molecule has 27 heavy (non-hydrogen) atoms. The molecule has 0 aliphatic heterocycles. The Kier molecular flexibility index (Phi) is 9.13. The number of unbranched alkanes of at least 4 members (excludes halogenated alkanes) is 3. The van der Waals surface area contributed by atoms with Gasteiger partial charge in [0.2, 0.25) is 5.91 Å². The van der Waals surface area contributed by atoms with Crippen molar-refractivity contribution in [3.05, 3.63) is 24.3 Å². The first kappa shape index (κ1) is 21.2. The van der Waals surface area contributed by atoms with Crippen LogP contribution in [0.3, 0.4) is 0 Å². The Hall–Kier alpha value is -2.06. The number of aromatic nitrogens is 2. The van der Waals surface area contributed by atoms with Crippen molar-refractivity contribution in [3.63, 3.8) is 0 Å². The summed E-state index contributed by atoms with van der Waals surface area (Å²) in [5.74, 6) is -0.213. The number of imidazole rings is 1. The third kappa shape index (κ3) is 6.88. The standard InChI is InChI=1S/C19H28N4O3S/c1-3-4-5-8-12-23-16-10-7-6-9-15(16)21-19(23)27-14-17(24)22-18(25)20-11-13-26-2/h6-7,9-10H,3-5,8,11-14H2,1-2H3,(H2,20,22,24,25). The van der Waals surface area contributed by atoms with Gasteiger partial charge in [-0.3, -0.25) is 10.1 Å². The van der Waals surface area contributed by atoms with Crippen LogP contribution in [0, 0.1) is 0 Å². The fourth-order valence-corrected chi connectivity index (χ4v) is 3.52. The van der Waals surface area contributed by atoms with E-state index in [1.807, 2.05) is 18.2 Å². The van der Waals surface area contributed by atoms with Crippen molar-refractivity contribution in [1.29, 1.82) is 0 Å². The highest BCUT2D eigenvalue weighted by molar-refractivity contribution is 7.99. The Bertz CT molecular complexity index is 748. The van der Waals surface area contributed by atoms with Crippen molar-refractivity contribution in [2.45, 2.75) is 44.3 Å². The SMILES string of the molecule is CCCCCCn1c(SCC(=O)NC(=O)NCCOC)nc2ccccc21. The molecule has 148 valence electrons. The number of hydrogen-bond donors (Lipinski definition) is 2. The highest BCUT2D eigenvalue weighted by Crippen LogP contribution is 2.24. The Morgan fingerprint density at radius 2 is 2.04 bits per heavy atom. The number of nitrogens with one attached hydrogen (secondary N) is 2. The van der Waals surface area contributed by atoms with E-state index in [4.69, 9.17) is 4.74 Å². The molecule has 0 unspecified atom stereocenters. The Morgan fingerprint density at radius 3 is 2.81 bits per heavy atom. The molecule has 1 aromatic carbocycles. The van der Waals surface area contributed by atoms with Gasteiger partial charge in [0.15, 0.2) is 5.16 Å². The van der Waals surface area contributed by atoms with Gasteiger partial charge < -0.3 is 14.6 Å². The number of rotatable bonds is 11. The Labute approximate surface area is 164 Å². The van der Waals surface area contributed by atoms with Crippen molar-refractivity contribution in [2.24, 2.45) is 0 Å². The highest BCUT2D eigenvalue weighted by Gasteiger charge is 2.14. The van der Waals surface area contributed by atoms with E-state index in [1.54, 1.807) is 7.11 Å².